The highest BCUT2D eigenvalue weighted by Crippen LogP contribution is 2.38. The summed E-state index contributed by atoms with van der Waals surface area (Å²) in [7, 11) is 1.27. The number of non-ortho nitro benzene ring substituents is 1. The highest BCUT2D eigenvalue weighted by atomic mass is 19.4. The predicted molar refractivity (Wildman–Crippen MR) is 129 cm³/mol. The summed E-state index contributed by atoms with van der Waals surface area (Å²) < 4.78 is 49.1. The summed E-state index contributed by atoms with van der Waals surface area (Å²) in [6.45, 7) is 0. The van der Waals surface area contributed by atoms with Gasteiger partial charge in [0.1, 0.15) is 0 Å². The van der Waals surface area contributed by atoms with Gasteiger partial charge in [-0.2, -0.15) is 18.3 Å². The van der Waals surface area contributed by atoms with E-state index in [1.54, 1.807) is 0 Å². The van der Waals surface area contributed by atoms with Gasteiger partial charge in [0.15, 0.2) is 11.5 Å². The highest BCUT2D eigenvalue weighted by molar-refractivity contribution is 6.39. The van der Waals surface area contributed by atoms with Crippen molar-refractivity contribution in [1.82, 2.24) is 5.43 Å². The van der Waals surface area contributed by atoms with Gasteiger partial charge >= 0.3 is 23.7 Å². The van der Waals surface area contributed by atoms with Crippen LogP contribution in [0.15, 0.2) is 65.8 Å². The van der Waals surface area contributed by atoms with E-state index in [9.17, 15) is 43.0 Å². The van der Waals surface area contributed by atoms with Gasteiger partial charge in [-0.05, 0) is 48.0 Å². The Balaban J connectivity index is 1.68. The van der Waals surface area contributed by atoms with Crippen LogP contribution in [-0.2, 0) is 15.8 Å². The fraction of sp³-hybridized carbons (Fsp3) is 0.0870. The molecule has 0 saturated heterocycles. The summed E-state index contributed by atoms with van der Waals surface area (Å²) in [6, 6.07) is 10.7. The van der Waals surface area contributed by atoms with Crippen LogP contribution in [0.4, 0.5) is 30.2 Å². The van der Waals surface area contributed by atoms with Gasteiger partial charge in [0.05, 0.1) is 34.8 Å². The summed E-state index contributed by atoms with van der Waals surface area (Å²) >= 11 is 0. The lowest BCUT2D eigenvalue weighted by molar-refractivity contribution is -0.394. The van der Waals surface area contributed by atoms with Crippen LogP contribution in [0.1, 0.15) is 11.1 Å². The average molecular weight is 547 g/mol. The second-order valence-electron chi connectivity index (χ2n) is 7.41. The van der Waals surface area contributed by atoms with Crippen LogP contribution < -0.4 is 20.2 Å². The Bertz CT molecular complexity index is 1480. The number of rotatable bonds is 8. The predicted octanol–water partition coefficient (Wildman–Crippen LogP) is 4.41. The Labute approximate surface area is 216 Å². The molecule has 3 aromatic carbocycles. The number of ether oxygens (including phenoxy) is 2. The first-order valence-corrected chi connectivity index (χ1v) is 10.5. The molecule has 0 spiro atoms. The number of anilines is 1. The van der Waals surface area contributed by atoms with E-state index in [1.165, 1.54) is 31.4 Å². The van der Waals surface area contributed by atoms with Gasteiger partial charge in [0.25, 0.3) is 5.69 Å². The number of amides is 2. The maximum Gasteiger partial charge on any atom is 0.416 e. The van der Waals surface area contributed by atoms with Crippen LogP contribution in [0.5, 0.6) is 17.2 Å². The lowest BCUT2D eigenvalue weighted by Crippen LogP contribution is -2.32. The number of halogens is 3. The molecule has 0 heterocycles. The molecule has 39 heavy (non-hydrogen) atoms. The number of benzene rings is 3. The molecule has 0 unspecified atom stereocenters. The number of alkyl halides is 3. The number of nitrogens with one attached hydrogen (secondary N) is 2. The SMILES string of the molecule is COc1cc(/C=N/NC(=O)C(=O)Nc2cccc(C(F)(F)F)c2)ccc1Oc1ccc([N+](=O)[O-])cc1[N+](=O)[O-]. The molecular formula is C23H16F3N5O8. The van der Waals surface area contributed by atoms with Crippen LogP contribution in [0.3, 0.4) is 0 Å². The van der Waals surface area contributed by atoms with Gasteiger partial charge in [-0.25, -0.2) is 5.43 Å². The van der Waals surface area contributed by atoms with Gasteiger partial charge in [0.2, 0.25) is 5.75 Å². The van der Waals surface area contributed by atoms with Crippen LogP contribution in [0, 0.1) is 20.2 Å². The van der Waals surface area contributed by atoms with Crippen molar-refractivity contribution < 1.29 is 42.1 Å². The third-order valence-electron chi connectivity index (χ3n) is 4.79. The molecule has 2 N–H and O–H groups in total. The van der Waals surface area contributed by atoms with E-state index in [1.807, 2.05) is 10.7 Å². The third-order valence-corrected chi connectivity index (χ3v) is 4.79. The fourth-order valence-corrected chi connectivity index (χ4v) is 2.99. The minimum absolute atomic E-state index is 0.0103. The molecule has 16 heteroatoms. The summed E-state index contributed by atoms with van der Waals surface area (Å²) in [4.78, 5) is 44.5. The molecule has 0 aromatic heterocycles. The Morgan fingerprint density at radius 3 is 2.28 bits per heavy atom. The standard InChI is InChI=1S/C23H16F3N5O8/c1-38-20-9-13(5-7-19(20)39-18-8-6-16(30(34)35)11-17(18)31(36)37)12-27-29-22(33)21(32)28-15-4-2-3-14(10-15)23(24,25)26/h2-12H,1H3,(H,28,32)(H,29,33)/b27-12+. The number of hydrogen-bond acceptors (Lipinski definition) is 9. The van der Waals surface area contributed by atoms with Gasteiger partial charge in [-0.3, -0.25) is 29.8 Å². The lowest BCUT2D eigenvalue weighted by atomic mass is 10.2. The molecule has 13 nitrogen and oxygen atoms in total. The van der Waals surface area contributed by atoms with Crippen LogP contribution in [-0.4, -0.2) is 35.0 Å². The molecule has 0 aliphatic rings. The van der Waals surface area contributed by atoms with Crippen molar-refractivity contribution in [3.8, 4) is 17.2 Å². The molecule has 0 radical (unpaired) electrons. The van der Waals surface area contributed by atoms with Gasteiger partial charge in [-0.15, -0.1) is 0 Å². The maximum atomic E-state index is 12.8. The van der Waals surface area contributed by atoms with E-state index in [0.717, 1.165) is 36.5 Å². The van der Waals surface area contributed by atoms with Crippen molar-refractivity contribution in [3.63, 3.8) is 0 Å². The first-order valence-electron chi connectivity index (χ1n) is 10.5. The van der Waals surface area contributed by atoms with Crippen LogP contribution in [0.2, 0.25) is 0 Å². The van der Waals surface area contributed by atoms with E-state index in [4.69, 9.17) is 9.47 Å². The third kappa shape index (κ3) is 7.25. The zero-order valence-corrected chi connectivity index (χ0v) is 19.6. The van der Waals surface area contributed by atoms with E-state index in [2.05, 4.69) is 5.10 Å². The molecule has 3 rings (SSSR count). The molecule has 0 aliphatic carbocycles. The number of hydrogen-bond donors (Lipinski definition) is 2. The largest absolute Gasteiger partial charge is 0.493 e. The Hall–Kier alpha value is -5.54. The van der Waals surface area contributed by atoms with Crippen molar-refractivity contribution in [2.24, 2.45) is 5.10 Å². The fourth-order valence-electron chi connectivity index (χ4n) is 2.99. The lowest BCUT2D eigenvalue weighted by Gasteiger charge is -2.11. The average Bonchev–Trinajstić information content (AvgIpc) is 2.88. The number of carbonyl (C=O) groups is 2. The topological polar surface area (TPSA) is 175 Å². The Kier molecular flexibility index (Phi) is 8.39. The van der Waals surface area contributed by atoms with E-state index < -0.39 is 44.8 Å². The Morgan fingerprint density at radius 1 is 0.923 bits per heavy atom. The number of nitro benzene ring substituents is 2. The van der Waals surface area contributed by atoms with Gasteiger partial charge in [0, 0.05) is 11.8 Å². The molecule has 0 aliphatic heterocycles. The summed E-state index contributed by atoms with van der Waals surface area (Å²) in [5.74, 6) is -2.74. The first kappa shape index (κ1) is 28.0. The van der Waals surface area contributed by atoms with Gasteiger partial charge in [-0.1, -0.05) is 6.07 Å². The van der Waals surface area contributed by atoms with Crippen molar-refractivity contribution in [1.29, 1.82) is 0 Å². The molecule has 2 amide bonds. The molecule has 0 bridgehead atoms. The van der Waals surface area contributed by atoms with Crippen molar-refractivity contribution in [3.05, 3.63) is 92.0 Å². The minimum atomic E-state index is -4.63. The van der Waals surface area contributed by atoms with E-state index in [-0.39, 0.29) is 22.9 Å². The quantitative estimate of drug-likeness (QED) is 0.180. The van der Waals surface area contributed by atoms with Crippen molar-refractivity contribution in [2.45, 2.75) is 6.18 Å². The molecule has 202 valence electrons. The highest BCUT2D eigenvalue weighted by Gasteiger charge is 2.30. The molecule has 3 aromatic rings. The summed E-state index contributed by atoms with van der Waals surface area (Å²) in [6.07, 6.45) is -3.53. The maximum absolute atomic E-state index is 12.8. The zero-order valence-electron chi connectivity index (χ0n) is 19.6. The van der Waals surface area contributed by atoms with E-state index in [0.29, 0.717) is 11.6 Å². The number of methoxy groups -OCH3 is 1. The van der Waals surface area contributed by atoms with Crippen LogP contribution in [0.25, 0.3) is 0 Å². The number of nitrogens with zero attached hydrogens (tertiary/aromatic N) is 3. The molecule has 0 atom stereocenters. The Morgan fingerprint density at radius 2 is 1.64 bits per heavy atom. The minimum Gasteiger partial charge on any atom is -0.493 e. The van der Waals surface area contributed by atoms with Crippen molar-refractivity contribution >= 4 is 35.1 Å². The number of nitro groups is 2. The first-order chi connectivity index (χ1) is 18.4. The smallest absolute Gasteiger partial charge is 0.416 e. The normalized spacial score (nSPS) is 11.1. The second-order valence-corrected chi connectivity index (χ2v) is 7.41. The van der Waals surface area contributed by atoms with Gasteiger partial charge < -0.3 is 14.8 Å². The monoisotopic (exact) mass is 547 g/mol. The molecule has 0 saturated carbocycles. The van der Waals surface area contributed by atoms with Crippen LogP contribution >= 0.6 is 0 Å². The number of hydrazone groups is 1. The zero-order chi connectivity index (χ0) is 28.7. The second kappa shape index (κ2) is 11.7. The van der Waals surface area contributed by atoms with E-state index >= 15 is 0 Å². The van der Waals surface area contributed by atoms with Crippen molar-refractivity contribution in [2.75, 3.05) is 12.4 Å². The summed E-state index contributed by atoms with van der Waals surface area (Å²) in [5, 5.41) is 27.8. The molecular weight excluding hydrogens is 531 g/mol. The summed E-state index contributed by atoms with van der Waals surface area (Å²) in [5.41, 5.74) is -0.178. The molecule has 0 fully saturated rings. The number of carbonyl (C=O) groups excluding carboxylic acids is 2.